The molecule has 2 rings (SSSR count). The van der Waals surface area contributed by atoms with Crippen LogP contribution in [0, 0.1) is 0 Å². The second kappa shape index (κ2) is 3.60. The Hall–Kier alpha value is -0.0500. The highest BCUT2D eigenvalue weighted by Crippen LogP contribution is 2.31. The zero-order valence-electron chi connectivity index (χ0n) is 7.48. The summed E-state index contributed by atoms with van der Waals surface area (Å²) in [6.07, 6.45) is 1.06. The lowest BCUT2D eigenvalue weighted by Crippen LogP contribution is -2.26. The van der Waals surface area contributed by atoms with Crippen LogP contribution in [0.3, 0.4) is 0 Å². The number of halogens is 2. The fraction of sp³-hybridized carbons (Fsp3) is 0.400. The third-order valence-corrected chi connectivity index (χ3v) is 3.80. The first kappa shape index (κ1) is 9.50. The molecule has 0 fully saturated rings. The molecule has 1 heterocycles. The third-order valence-electron chi connectivity index (χ3n) is 2.48. The van der Waals surface area contributed by atoms with Crippen LogP contribution in [-0.4, -0.2) is 18.5 Å². The van der Waals surface area contributed by atoms with Crippen LogP contribution in [-0.2, 0) is 13.0 Å². The van der Waals surface area contributed by atoms with E-state index in [1.807, 2.05) is 6.07 Å². The highest BCUT2D eigenvalue weighted by atomic mass is 79.9. The summed E-state index contributed by atoms with van der Waals surface area (Å²) in [6, 6.07) is 4.18. The molecule has 1 aromatic carbocycles. The smallest absolute Gasteiger partial charge is 0.0583 e. The van der Waals surface area contributed by atoms with E-state index in [1.165, 1.54) is 11.1 Å². The molecule has 70 valence electrons. The maximum Gasteiger partial charge on any atom is 0.0583 e. The average molecular weight is 261 g/mol. The molecular weight excluding hydrogens is 249 g/mol. The summed E-state index contributed by atoms with van der Waals surface area (Å²) < 4.78 is 1.01. The van der Waals surface area contributed by atoms with E-state index in [0.717, 1.165) is 29.0 Å². The number of likely N-dealkylation sites (N-methyl/N-ethyl adjacent to an activating group) is 1. The minimum absolute atomic E-state index is 0.894. The molecule has 0 aliphatic carbocycles. The molecule has 1 nitrogen and oxygen atoms in total. The van der Waals surface area contributed by atoms with Gasteiger partial charge in [-0.25, -0.2) is 0 Å². The first-order chi connectivity index (χ1) is 6.18. The van der Waals surface area contributed by atoms with Crippen LogP contribution < -0.4 is 0 Å². The molecular formula is C10H11BrClN. The number of rotatable bonds is 0. The van der Waals surface area contributed by atoms with Crippen molar-refractivity contribution in [2.75, 3.05) is 13.6 Å². The van der Waals surface area contributed by atoms with E-state index in [1.54, 1.807) is 0 Å². The Bertz CT molecular complexity index is 338. The van der Waals surface area contributed by atoms with Crippen molar-refractivity contribution in [3.63, 3.8) is 0 Å². The Balaban J connectivity index is 2.47. The topological polar surface area (TPSA) is 3.24 Å². The summed E-state index contributed by atoms with van der Waals surface area (Å²) in [4.78, 5) is 2.31. The van der Waals surface area contributed by atoms with Crippen molar-refractivity contribution < 1.29 is 0 Å². The quantitative estimate of drug-likeness (QED) is 0.693. The van der Waals surface area contributed by atoms with Crippen LogP contribution in [0.15, 0.2) is 16.6 Å². The van der Waals surface area contributed by atoms with E-state index in [-0.39, 0.29) is 0 Å². The van der Waals surface area contributed by atoms with Gasteiger partial charge in [-0.2, -0.15) is 0 Å². The lowest BCUT2D eigenvalue weighted by Gasteiger charge is -2.25. The van der Waals surface area contributed by atoms with Gasteiger partial charge in [-0.15, -0.1) is 0 Å². The molecule has 1 aliphatic rings. The fourth-order valence-electron chi connectivity index (χ4n) is 1.72. The minimum atomic E-state index is 0.894. The summed E-state index contributed by atoms with van der Waals surface area (Å²) >= 11 is 9.64. The molecule has 0 bridgehead atoms. The van der Waals surface area contributed by atoms with Crippen molar-refractivity contribution in [1.29, 1.82) is 0 Å². The molecule has 0 unspecified atom stereocenters. The first-order valence-electron chi connectivity index (χ1n) is 4.33. The van der Waals surface area contributed by atoms with E-state index in [4.69, 9.17) is 11.6 Å². The van der Waals surface area contributed by atoms with Crippen LogP contribution >= 0.6 is 27.5 Å². The molecule has 0 aromatic heterocycles. The highest BCUT2D eigenvalue weighted by molar-refractivity contribution is 9.10. The monoisotopic (exact) mass is 259 g/mol. The lowest BCUT2D eigenvalue weighted by atomic mass is 10.0. The largest absolute Gasteiger partial charge is 0.302 e. The van der Waals surface area contributed by atoms with E-state index in [0.29, 0.717) is 0 Å². The van der Waals surface area contributed by atoms with E-state index in [2.05, 4.69) is 33.9 Å². The van der Waals surface area contributed by atoms with Crippen molar-refractivity contribution in [1.82, 2.24) is 4.90 Å². The lowest BCUT2D eigenvalue weighted by molar-refractivity contribution is 0.313. The van der Waals surface area contributed by atoms with Crippen LogP contribution in [0.4, 0.5) is 0 Å². The number of fused-ring (bicyclic) bond motifs is 1. The van der Waals surface area contributed by atoms with Crippen molar-refractivity contribution >= 4 is 27.5 Å². The second-order valence-corrected chi connectivity index (χ2v) is 4.72. The van der Waals surface area contributed by atoms with Gasteiger partial charge < -0.3 is 4.90 Å². The van der Waals surface area contributed by atoms with Gasteiger partial charge in [0.2, 0.25) is 0 Å². The van der Waals surface area contributed by atoms with E-state index >= 15 is 0 Å². The second-order valence-electron chi connectivity index (χ2n) is 3.49. The van der Waals surface area contributed by atoms with Crippen LogP contribution in [0.2, 0.25) is 5.02 Å². The summed E-state index contributed by atoms with van der Waals surface area (Å²) in [6.45, 7) is 2.12. The van der Waals surface area contributed by atoms with Gasteiger partial charge >= 0.3 is 0 Å². The first-order valence-corrected chi connectivity index (χ1v) is 5.50. The van der Waals surface area contributed by atoms with Gasteiger partial charge in [-0.3, -0.25) is 0 Å². The molecule has 3 heteroatoms. The summed E-state index contributed by atoms with van der Waals surface area (Å²) in [5, 5.41) is 0.894. The minimum Gasteiger partial charge on any atom is -0.302 e. The zero-order valence-corrected chi connectivity index (χ0v) is 9.82. The van der Waals surface area contributed by atoms with Gasteiger partial charge in [0.1, 0.15) is 0 Å². The fourth-order valence-corrected chi connectivity index (χ4v) is 2.37. The van der Waals surface area contributed by atoms with Crippen LogP contribution in [0.5, 0.6) is 0 Å². The SMILES string of the molecule is CN1CCc2c(ccc(Br)c2Cl)C1. The van der Waals surface area contributed by atoms with Crippen molar-refractivity contribution in [2.45, 2.75) is 13.0 Å². The molecule has 1 aromatic rings. The predicted molar refractivity (Wildman–Crippen MR) is 59.2 cm³/mol. The summed E-state index contributed by atoms with van der Waals surface area (Å²) in [5.74, 6) is 0. The van der Waals surface area contributed by atoms with Gasteiger partial charge in [-0.05, 0) is 46.6 Å². The van der Waals surface area contributed by atoms with Gasteiger partial charge in [0.05, 0.1) is 5.02 Å². The molecule has 1 aliphatic heterocycles. The molecule has 0 atom stereocenters. The Morgan fingerprint density at radius 1 is 1.46 bits per heavy atom. The highest BCUT2D eigenvalue weighted by Gasteiger charge is 2.16. The molecule has 0 amide bonds. The van der Waals surface area contributed by atoms with Gasteiger partial charge in [-0.1, -0.05) is 17.7 Å². The van der Waals surface area contributed by atoms with Gasteiger partial charge in [0.25, 0.3) is 0 Å². The number of benzene rings is 1. The molecule has 0 saturated carbocycles. The molecule has 0 spiro atoms. The van der Waals surface area contributed by atoms with Crippen molar-refractivity contribution in [3.05, 3.63) is 32.8 Å². The summed E-state index contributed by atoms with van der Waals surface area (Å²) in [5.41, 5.74) is 2.68. The predicted octanol–water partition coefficient (Wildman–Crippen LogP) is 3.09. The Morgan fingerprint density at radius 2 is 2.23 bits per heavy atom. The molecule has 0 radical (unpaired) electrons. The van der Waals surface area contributed by atoms with Gasteiger partial charge in [0, 0.05) is 17.6 Å². The number of hydrogen-bond acceptors (Lipinski definition) is 1. The van der Waals surface area contributed by atoms with Gasteiger partial charge in [0.15, 0.2) is 0 Å². The zero-order chi connectivity index (χ0) is 9.42. The van der Waals surface area contributed by atoms with E-state index < -0.39 is 0 Å². The Labute approximate surface area is 91.8 Å². The van der Waals surface area contributed by atoms with Crippen molar-refractivity contribution in [3.8, 4) is 0 Å². The maximum atomic E-state index is 6.19. The van der Waals surface area contributed by atoms with E-state index in [9.17, 15) is 0 Å². The maximum absolute atomic E-state index is 6.19. The number of nitrogens with zero attached hydrogens (tertiary/aromatic N) is 1. The molecule has 0 N–H and O–H groups in total. The molecule has 0 saturated heterocycles. The summed E-state index contributed by atoms with van der Waals surface area (Å²) in [7, 11) is 2.14. The van der Waals surface area contributed by atoms with Crippen LogP contribution in [0.25, 0.3) is 0 Å². The van der Waals surface area contributed by atoms with Crippen LogP contribution in [0.1, 0.15) is 11.1 Å². The third kappa shape index (κ3) is 1.76. The standard InChI is InChI=1S/C10H11BrClN/c1-13-5-4-8-7(6-13)2-3-9(11)10(8)12/h2-3H,4-6H2,1H3. The molecule has 13 heavy (non-hydrogen) atoms. The normalized spacial score (nSPS) is 17.2. The Morgan fingerprint density at radius 3 is 3.00 bits per heavy atom. The Kier molecular flexibility index (Phi) is 2.63. The number of hydrogen-bond donors (Lipinski definition) is 0. The van der Waals surface area contributed by atoms with Crippen molar-refractivity contribution in [2.24, 2.45) is 0 Å². The average Bonchev–Trinajstić information content (AvgIpc) is 2.12.